The van der Waals surface area contributed by atoms with E-state index in [1.165, 1.54) is 18.2 Å². The second kappa shape index (κ2) is 6.43. The molecule has 6 heteroatoms. The number of carbonyl (C=O) groups is 1. The van der Waals surface area contributed by atoms with Gasteiger partial charge in [-0.05, 0) is 24.6 Å². The highest BCUT2D eigenvalue weighted by atomic mass is 35.5. The normalized spacial score (nSPS) is 10.5. The maximum Gasteiger partial charge on any atom is 0.339 e. The van der Waals surface area contributed by atoms with E-state index in [4.69, 9.17) is 21.4 Å². The molecule has 1 aromatic heterocycles. The Morgan fingerprint density at radius 3 is 3.00 bits per heavy atom. The number of aromatic nitrogens is 2. The van der Waals surface area contributed by atoms with E-state index in [2.05, 4.69) is 11.9 Å². The van der Waals surface area contributed by atoms with Gasteiger partial charge in [0.15, 0.2) is 0 Å². The average Bonchev–Trinajstić information content (AvgIpc) is 2.84. The van der Waals surface area contributed by atoms with Crippen molar-refractivity contribution in [3.05, 3.63) is 47.0 Å². The van der Waals surface area contributed by atoms with Gasteiger partial charge < -0.3 is 14.4 Å². The molecule has 0 saturated heterocycles. The summed E-state index contributed by atoms with van der Waals surface area (Å²) in [6.07, 6.45) is 4.43. The third-order valence-corrected chi connectivity index (χ3v) is 3.05. The first-order valence-electron chi connectivity index (χ1n) is 6.26. The Morgan fingerprint density at radius 1 is 1.50 bits per heavy atom. The summed E-state index contributed by atoms with van der Waals surface area (Å²) in [5.74, 6) is -0.784. The summed E-state index contributed by atoms with van der Waals surface area (Å²) in [5.41, 5.74) is 0.985. The van der Waals surface area contributed by atoms with Gasteiger partial charge in [0.1, 0.15) is 17.9 Å². The summed E-state index contributed by atoms with van der Waals surface area (Å²) in [7, 11) is 0. The number of ether oxygens (including phenoxy) is 1. The van der Waals surface area contributed by atoms with E-state index in [-0.39, 0.29) is 17.9 Å². The largest absolute Gasteiger partial charge is 0.486 e. The lowest BCUT2D eigenvalue weighted by molar-refractivity contribution is 0.0691. The molecule has 0 aliphatic heterocycles. The molecule has 106 valence electrons. The lowest BCUT2D eigenvalue weighted by Crippen LogP contribution is -2.07. The first-order chi connectivity index (χ1) is 9.61. The zero-order valence-electron chi connectivity index (χ0n) is 11.0. The molecular formula is C14H15ClN2O3. The fraction of sp³-hybridized carbons (Fsp3) is 0.286. The number of benzene rings is 1. The molecule has 2 aromatic rings. The average molecular weight is 295 g/mol. The Hall–Kier alpha value is -2.01. The highest BCUT2D eigenvalue weighted by molar-refractivity contribution is 6.30. The summed E-state index contributed by atoms with van der Waals surface area (Å²) in [5, 5.41) is 9.55. The first-order valence-corrected chi connectivity index (χ1v) is 6.64. The lowest BCUT2D eigenvalue weighted by Gasteiger charge is -2.11. The summed E-state index contributed by atoms with van der Waals surface area (Å²) in [6, 6.07) is 4.47. The summed E-state index contributed by atoms with van der Waals surface area (Å²) < 4.78 is 7.56. The van der Waals surface area contributed by atoms with Crippen LogP contribution < -0.4 is 4.74 Å². The number of hydrogen-bond acceptors (Lipinski definition) is 3. The summed E-state index contributed by atoms with van der Waals surface area (Å²) in [4.78, 5) is 15.2. The number of hydrogen-bond donors (Lipinski definition) is 1. The van der Waals surface area contributed by atoms with Crippen molar-refractivity contribution < 1.29 is 14.6 Å². The van der Waals surface area contributed by atoms with Crippen molar-refractivity contribution in [2.45, 2.75) is 26.5 Å². The molecular weight excluding hydrogens is 280 g/mol. The van der Waals surface area contributed by atoms with E-state index in [1.807, 2.05) is 4.57 Å². The number of rotatable bonds is 6. The number of carboxylic acid groups (broad SMARTS) is 1. The van der Waals surface area contributed by atoms with Gasteiger partial charge in [-0.25, -0.2) is 9.78 Å². The molecule has 0 aliphatic rings. The van der Waals surface area contributed by atoms with Gasteiger partial charge in [0.25, 0.3) is 0 Å². The van der Waals surface area contributed by atoms with E-state index >= 15 is 0 Å². The number of nitrogens with zero attached hydrogens (tertiary/aromatic N) is 2. The Kier molecular flexibility index (Phi) is 4.63. The molecule has 0 spiro atoms. The van der Waals surface area contributed by atoms with Gasteiger partial charge in [-0.15, -0.1) is 0 Å². The van der Waals surface area contributed by atoms with E-state index in [1.54, 1.807) is 12.5 Å². The number of aromatic carboxylic acids is 1. The predicted octanol–water partition coefficient (Wildman–Crippen LogP) is 3.22. The minimum absolute atomic E-state index is 0.0935. The van der Waals surface area contributed by atoms with Crippen molar-refractivity contribution in [2.75, 3.05) is 0 Å². The smallest absolute Gasteiger partial charge is 0.339 e. The molecule has 0 fully saturated rings. The monoisotopic (exact) mass is 294 g/mol. The van der Waals surface area contributed by atoms with Crippen molar-refractivity contribution in [3.8, 4) is 5.75 Å². The van der Waals surface area contributed by atoms with Crippen molar-refractivity contribution in [1.29, 1.82) is 0 Å². The van der Waals surface area contributed by atoms with Gasteiger partial charge in [0, 0.05) is 11.6 Å². The Morgan fingerprint density at radius 2 is 2.30 bits per heavy atom. The quantitative estimate of drug-likeness (QED) is 0.888. The third-order valence-electron chi connectivity index (χ3n) is 2.81. The molecule has 0 radical (unpaired) electrons. The SMILES string of the molecule is CCCn1cncc1COc1cc(Cl)ccc1C(=O)O. The van der Waals surface area contributed by atoms with Crippen LogP contribution in [0.3, 0.4) is 0 Å². The van der Waals surface area contributed by atoms with Crippen LogP contribution in [0.2, 0.25) is 5.02 Å². The number of carboxylic acids is 1. The zero-order valence-corrected chi connectivity index (χ0v) is 11.8. The van der Waals surface area contributed by atoms with Crippen LogP contribution in [-0.4, -0.2) is 20.6 Å². The maximum absolute atomic E-state index is 11.1. The van der Waals surface area contributed by atoms with Gasteiger partial charge in [-0.2, -0.15) is 0 Å². The fourth-order valence-electron chi connectivity index (χ4n) is 1.85. The summed E-state index contributed by atoms with van der Waals surface area (Å²) in [6.45, 7) is 3.17. The molecule has 0 saturated carbocycles. The van der Waals surface area contributed by atoms with Crippen molar-refractivity contribution in [3.63, 3.8) is 0 Å². The molecule has 0 unspecified atom stereocenters. The molecule has 1 heterocycles. The van der Waals surface area contributed by atoms with Crippen LogP contribution in [0.15, 0.2) is 30.7 Å². The van der Waals surface area contributed by atoms with Gasteiger partial charge in [-0.1, -0.05) is 18.5 Å². The second-order valence-electron chi connectivity index (χ2n) is 4.31. The Labute approximate surface area is 121 Å². The van der Waals surface area contributed by atoms with Gasteiger partial charge >= 0.3 is 5.97 Å². The van der Waals surface area contributed by atoms with Crippen LogP contribution in [0.25, 0.3) is 0 Å². The number of imidazole rings is 1. The predicted molar refractivity (Wildman–Crippen MR) is 75.3 cm³/mol. The first kappa shape index (κ1) is 14.4. The van der Waals surface area contributed by atoms with E-state index in [0.717, 1.165) is 18.7 Å². The molecule has 1 aromatic carbocycles. The van der Waals surface area contributed by atoms with E-state index in [9.17, 15) is 4.79 Å². The number of halogens is 1. The topological polar surface area (TPSA) is 64.4 Å². The van der Waals surface area contributed by atoms with Gasteiger partial charge in [0.05, 0.1) is 18.2 Å². The molecule has 0 amide bonds. The van der Waals surface area contributed by atoms with Crippen molar-refractivity contribution in [1.82, 2.24) is 9.55 Å². The third kappa shape index (κ3) is 3.30. The number of aryl methyl sites for hydroxylation is 1. The Bertz CT molecular complexity index is 610. The molecule has 0 aliphatic carbocycles. The van der Waals surface area contributed by atoms with Crippen molar-refractivity contribution >= 4 is 17.6 Å². The van der Waals surface area contributed by atoms with Crippen LogP contribution in [-0.2, 0) is 13.2 Å². The molecule has 5 nitrogen and oxygen atoms in total. The highest BCUT2D eigenvalue weighted by Gasteiger charge is 2.12. The Balaban J connectivity index is 2.16. The molecule has 1 N–H and O–H groups in total. The highest BCUT2D eigenvalue weighted by Crippen LogP contribution is 2.24. The van der Waals surface area contributed by atoms with Gasteiger partial charge in [0.2, 0.25) is 0 Å². The zero-order chi connectivity index (χ0) is 14.5. The van der Waals surface area contributed by atoms with Crippen LogP contribution in [0, 0.1) is 0 Å². The second-order valence-corrected chi connectivity index (χ2v) is 4.75. The maximum atomic E-state index is 11.1. The minimum atomic E-state index is -1.04. The van der Waals surface area contributed by atoms with Crippen LogP contribution in [0.1, 0.15) is 29.4 Å². The molecule has 2 rings (SSSR count). The van der Waals surface area contributed by atoms with Crippen LogP contribution in [0.4, 0.5) is 0 Å². The lowest BCUT2D eigenvalue weighted by atomic mass is 10.2. The molecule has 0 bridgehead atoms. The van der Waals surface area contributed by atoms with Crippen LogP contribution >= 0.6 is 11.6 Å². The minimum Gasteiger partial charge on any atom is -0.486 e. The summed E-state index contributed by atoms with van der Waals surface area (Å²) >= 11 is 5.87. The standard InChI is InChI=1S/C14H15ClN2O3/c1-2-5-17-9-16-7-11(17)8-20-13-6-10(15)3-4-12(13)14(18)19/h3-4,6-7,9H,2,5,8H2,1H3,(H,18,19). The van der Waals surface area contributed by atoms with Crippen LogP contribution in [0.5, 0.6) is 5.75 Å². The molecule has 0 atom stereocenters. The van der Waals surface area contributed by atoms with E-state index in [0.29, 0.717) is 5.02 Å². The van der Waals surface area contributed by atoms with Gasteiger partial charge in [-0.3, -0.25) is 0 Å². The fourth-order valence-corrected chi connectivity index (χ4v) is 2.02. The van der Waals surface area contributed by atoms with E-state index < -0.39 is 5.97 Å². The molecule has 20 heavy (non-hydrogen) atoms. The van der Waals surface area contributed by atoms with Crippen molar-refractivity contribution in [2.24, 2.45) is 0 Å².